The number of urea groups is 1. The number of benzene rings is 1. The average molecular weight is 360 g/mol. The molecule has 1 unspecified atom stereocenters. The van der Waals surface area contributed by atoms with Crippen molar-refractivity contribution in [3.8, 4) is 0 Å². The van der Waals surface area contributed by atoms with Crippen molar-refractivity contribution in [1.29, 1.82) is 0 Å². The van der Waals surface area contributed by atoms with Crippen molar-refractivity contribution in [2.45, 2.75) is 65.5 Å². The molecule has 0 saturated heterocycles. The summed E-state index contributed by atoms with van der Waals surface area (Å²) in [5, 5.41) is 8.96. The molecule has 5 heteroatoms. The summed E-state index contributed by atoms with van der Waals surface area (Å²) < 4.78 is 0. The van der Waals surface area contributed by atoms with E-state index in [-0.39, 0.29) is 17.5 Å². The highest BCUT2D eigenvalue weighted by molar-refractivity contribution is 7.09. The highest BCUT2D eigenvalue weighted by atomic mass is 32.1. The van der Waals surface area contributed by atoms with Crippen LogP contribution in [0.1, 0.15) is 75.3 Å². The third-order valence-electron chi connectivity index (χ3n) is 4.07. The third kappa shape index (κ3) is 5.56. The summed E-state index contributed by atoms with van der Waals surface area (Å²) in [6.07, 6.45) is 0. The fourth-order valence-corrected chi connectivity index (χ4v) is 3.31. The first-order chi connectivity index (χ1) is 11.7. The summed E-state index contributed by atoms with van der Waals surface area (Å²) in [4.78, 5) is 16.7. The van der Waals surface area contributed by atoms with Gasteiger partial charge in [-0.25, -0.2) is 9.78 Å². The Bertz CT molecular complexity index is 698. The largest absolute Gasteiger partial charge is 0.332 e. The predicted molar refractivity (Wildman–Crippen MR) is 105 cm³/mol. The molecule has 25 heavy (non-hydrogen) atoms. The van der Waals surface area contributed by atoms with E-state index < -0.39 is 0 Å². The summed E-state index contributed by atoms with van der Waals surface area (Å²) in [6, 6.07) is 8.19. The highest BCUT2D eigenvalue weighted by Crippen LogP contribution is 2.25. The van der Waals surface area contributed by atoms with Crippen molar-refractivity contribution >= 4 is 17.4 Å². The van der Waals surface area contributed by atoms with E-state index in [1.165, 1.54) is 5.56 Å². The number of aromatic nitrogens is 1. The molecule has 2 rings (SSSR count). The molecule has 0 radical (unpaired) electrons. The number of thiazole rings is 1. The van der Waals surface area contributed by atoms with Crippen LogP contribution in [0.25, 0.3) is 0 Å². The lowest BCUT2D eigenvalue weighted by molar-refractivity contribution is 0.237. The van der Waals surface area contributed by atoms with Crippen molar-refractivity contribution in [3.63, 3.8) is 0 Å². The van der Waals surface area contributed by atoms with E-state index in [0.29, 0.717) is 12.5 Å². The van der Waals surface area contributed by atoms with Crippen LogP contribution in [0.4, 0.5) is 4.79 Å². The number of nitrogens with one attached hydrogen (secondary N) is 2. The van der Waals surface area contributed by atoms with Crippen LogP contribution in [-0.2, 0) is 12.0 Å². The fraction of sp³-hybridized carbons (Fsp3) is 0.500. The molecule has 0 aliphatic heterocycles. The Morgan fingerprint density at radius 1 is 1.12 bits per heavy atom. The summed E-state index contributed by atoms with van der Waals surface area (Å²) in [5.74, 6) is 0.511. The maximum absolute atomic E-state index is 12.1. The Balaban J connectivity index is 1.86. The molecule has 0 bridgehead atoms. The number of carbonyl (C=O) groups is 1. The predicted octanol–water partition coefficient (Wildman–Crippen LogP) is 5.12. The van der Waals surface area contributed by atoms with Gasteiger partial charge in [0.2, 0.25) is 0 Å². The van der Waals surface area contributed by atoms with Crippen LogP contribution in [0, 0.1) is 0 Å². The van der Waals surface area contributed by atoms with E-state index in [1.807, 2.05) is 12.3 Å². The van der Waals surface area contributed by atoms with E-state index >= 15 is 0 Å². The van der Waals surface area contributed by atoms with Gasteiger partial charge in [0.1, 0.15) is 0 Å². The SMILES string of the molecule is CC(C)c1ccc(C(C)NC(=O)NCc2csc(C(C)(C)C)n2)cc1. The van der Waals surface area contributed by atoms with E-state index in [9.17, 15) is 4.79 Å². The molecule has 2 amide bonds. The Hall–Kier alpha value is -1.88. The van der Waals surface area contributed by atoms with E-state index in [1.54, 1.807) is 11.3 Å². The standard InChI is InChI=1S/C20H29N3OS/c1-13(2)15-7-9-16(10-8-15)14(3)22-19(24)21-11-17-12-25-18(23-17)20(4,5)6/h7-10,12-14H,11H2,1-6H3,(H2,21,22,24). The van der Waals surface area contributed by atoms with Crippen molar-refractivity contribution in [1.82, 2.24) is 15.6 Å². The Kier molecular flexibility index (Phi) is 6.22. The molecule has 136 valence electrons. The van der Waals surface area contributed by atoms with Crippen LogP contribution >= 0.6 is 11.3 Å². The molecule has 4 nitrogen and oxygen atoms in total. The molecule has 0 aliphatic rings. The van der Waals surface area contributed by atoms with E-state index in [4.69, 9.17) is 0 Å². The van der Waals surface area contributed by atoms with Crippen molar-refractivity contribution in [2.24, 2.45) is 0 Å². The van der Waals surface area contributed by atoms with Crippen LogP contribution in [0.2, 0.25) is 0 Å². The maximum Gasteiger partial charge on any atom is 0.315 e. The molecular weight excluding hydrogens is 330 g/mol. The second-order valence-electron chi connectivity index (χ2n) is 7.76. The number of nitrogens with zero attached hydrogens (tertiary/aromatic N) is 1. The summed E-state index contributed by atoms with van der Waals surface area (Å²) in [6.45, 7) is 13.2. The first kappa shape index (κ1) is 19.4. The molecule has 1 aromatic carbocycles. The van der Waals surface area contributed by atoms with Crippen molar-refractivity contribution < 1.29 is 4.79 Å². The van der Waals surface area contributed by atoms with Crippen molar-refractivity contribution in [2.75, 3.05) is 0 Å². The van der Waals surface area contributed by atoms with Crippen LogP contribution in [0.15, 0.2) is 29.6 Å². The molecule has 1 heterocycles. The van der Waals surface area contributed by atoms with Crippen LogP contribution in [0.3, 0.4) is 0 Å². The molecule has 2 N–H and O–H groups in total. The average Bonchev–Trinajstić information content (AvgIpc) is 3.02. The zero-order valence-electron chi connectivity index (χ0n) is 16.0. The van der Waals surface area contributed by atoms with Gasteiger partial charge in [0.15, 0.2) is 0 Å². The minimum Gasteiger partial charge on any atom is -0.332 e. The first-order valence-electron chi connectivity index (χ1n) is 8.76. The Morgan fingerprint density at radius 3 is 2.24 bits per heavy atom. The summed E-state index contributed by atoms with van der Waals surface area (Å²) in [5.41, 5.74) is 3.35. The number of hydrogen-bond acceptors (Lipinski definition) is 3. The topological polar surface area (TPSA) is 54.0 Å². The quantitative estimate of drug-likeness (QED) is 0.778. The molecule has 0 spiro atoms. The van der Waals surface area contributed by atoms with Crippen LogP contribution < -0.4 is 10.6 Å². The lowest BCUT2D eigenvalue weighted by Crippen LogP contribution is -2.36. The third-order valence-corrected chi connectivity index (χ3v) is 5.39. The Morgan fingerprint density at radius 2 is 1.72 bits per heavy atom. The second kappa shape index (κ2) is 8.00. The zero-order valence-corrected chi connectivity index (χ0v) is 16.8. The second-order valence-corrected chi connectivity index (χ2v) is 8.62. The number of carbonyl (C=O) groups excluding carboxylic acids is 1. The van der Waals surface area contributed by atoms with Crippen LogP contribution in [0.5, 0.6) is 0 Å². The molecule has 0 saturated carbocycles. The molecular formula is C20H29N3OS. The van der Waals surface area contributed by atoms with Gasteiger partial charge in [-0.15, -0.1) is 11.3 Å². The van der Waals surface area contributed by atoms with Gasteiger partial charge in [-0.3, -0.25) is 0 Å². The summed E-state index contributed by atoms with van der Waals surface area (Å²) >= 11 is 1.64. The zero-order chi connectivity index (χ0) is 18.6. The fourth-order valence-electron chi connectivity index (χ4n) is 2.40. The van der Waals surface area contributed by atoms with Crippen LogP contribution in [-0.4, -0.2) is 11.0 Å². The van der Waals surface area contributed by atoms with Gasteiger partial charge in [-0.1, -0.05) is 58.9 Å². The monoisotopic (exact) mass is 359 g/mol. The van der Waals surface area contributed by atoms with Gasteiger partial charge in [0, 0.05) is 10.8 Å². The van der Waals surface area contributed by atoms with Gasteiger partial charge in [-0.05, 0) is 24.0 Å². The normalized spacial score (nSPS) is 12.9. The van der Waals surface area contributed by atoms with Gasteiger partial charge in [0.05, 0.1) is 23.3 Å². The van der Waals surface area contributed by atoms with Gasteiger partial charge < -0.3 is 10.6 Å². The lowest BCUT2D eigenvalue weighted by Gasteiger charge is -2.16. The molecule has 0 fully saturated rings. The molecule has 1 aromatic heterocycles. The van der Waals surface area contributed by atoms with Gasteiger partial charge >= 0.3 is 6.03 Å². The maximum atomic E-state index is 12.1. The minimum atomic E-state index is -0.175. The Labute approximate surface area is 155 Å². The lowest BCUT2D eigenvalue weighted by atomic mass is 9.98. The minimum absolute atomic E-state index is 0.0400. The smallest absolute Gasteiger partial charge is 0.315 e. The highest BCUT2D eigenvalue weighted by Gasteiger charge is 2.18. The summed E-state index contributed by atoms with van der Waals surface area (Å²) in [7, 11) is 0. The first-order valence-corrected chi connectivity index (χ1v) is 9.64. The molecule has 0 aliphatic carbocycles. The number of rotatable bonds is 5. The van der Waals surface area contributed by atoms with E-state index in [2.05, 4.69) is 74.5 Å². The molecule has 2 aromatic rings. The van der Waals surface area contributed by atoms with E-state index in [0.717, 1.165) is 16.3 Å². The number of hydrogen-bond donors (Lipinski definition) is 2. The van der Waals surface area contributed by atoms with Gasteiger partial charge in [0.25, 0.3) is 0 Å². The number of amides is 2. The molecule has 1 atom stereocenters. The van der Waals surface area contributed by atoms with Crippen molar-refractivity contribution in [3.05, 3.63) is 51.5 Å². The van der Waals surface area contributed by atoms with Gasteiger partial charge in [-0.2, -0.15) is 0 Å².